The van der Waals surface area contributed by atoms with E-state index in [1.54, 1.807) is 13.8 Å². The Morgan fingerprint density at radius 1 is 1.40 bits per heavy atom. The number of methoxy groups -OCH3 is 1. The van der Waals surface area contributed by atoms with Crippen LogP contribution in [0.25, 0.3) is 0 Å². The van der Waals surface area contributed by atoms with Gasteiger partial charge in [-0.25, -0.2) is 10.9 Å². The van der Waals surface area contributed by atoms with Gasteiger partial charge in [-0.1, -0.05) is 13.8 Å². The minimum Gasteiger partial charge on any atom is -0.496 e. The lowest BCUT2D eigenvalue weighted by Gasteiger charge is -2.18. The van der Waals surface area contributed by atoms with Crippen LogP contribution in [-0.4, -0.2) is 28.9 Å². The summed E-state index contributed by atoms with van der Waals surface area (Å²) in [6, 6.07) is 3.49. The Morgan fingerprint density at radius 3 is 2.45 bits per heavy atom. The molecule has 0 saturated heterocycles. The molecule has 0 unspecified atom stereocenters. The molecule has 0 atom stereocenters. The second-order valence-corrected chi connectivity index (χ2v) is 4.31. The van der Waals surface area contributed by atoms with E-state index in [0.29, 0.717) is 5.01 Å². The molecular formula is C12H15N3O5. The van der Waals surface area contributed by atoms with Crippen LogP contribution < -0.4 is 10.6 Å². The van der Waals surface area contributed by atoms with Crippen molar-refractivity contribution in [2.45, 2.75) is 13.8 Å². The zero-order valence-corrected chi connectivity index (χ0v) is 11.3. The molecule has 0 spiro atoms. The van der Waals surface area contributed by atoms with Gasteiger partial charge in [-0.05, 0) is 6.07 Å². The Labute approximate surface area is 115 Å². The van der Waals surface area contributed by atoms with E-state index in [1.165, 1.54) is 19.2 Å². The molecule has 1 aromatic rings. The zero-order valence-electron chi connectivity index (χ0n) is 11.3. The van der Waals surface area contributed by atoms with E-state index in [0.717, 1.165) is 6.07 Å². The molecular weight excluding hydrogens is 266 g/mol. The van der Waals surface area contributed by atoms with Crippen LogP contribution in [0.1, 0.15) is 24.2 Å². The van der Waals surface area contributed by atoms with Crippen molar-refractivity contribution in [3.63, 3.8) is 0 Å². The third-order valence-corrected chi connectivity index (χ3v) is 2.57. The van der Waals surface area contributed by atoms with Gasteiger partial charge in [-0.15, -0.1) is 0 Å². The van der Waals surface area contributed by atoms with Crippen molar-refractivity contribution in [2.75, 3.05) is 7.11 Å². The number of carbonyl (C=O) groups excluding carboxylic acids is 2. The topological polar surface area (TPSA) is 116 Å². The summed E-state index contributed by atoms with van der Waals surface area (Å²) in [7, 11) is 1.31. The number of imide groups is 1. The van der Waals surface area contributed by atoms with Crippen LogP contribution in [-0.2, 0) is 4.79 Å². The monoisotopic (exact) mass is 281 g/mol. The average molecular weight is 281 g/mol. The highest BCUT2D eigenvalue weighted by molar-refractivity contribution is 6.06. The molecule has 0 radical (unpaired) electrons. The number of carbonyl (C=O) groups is 2. The molecule has 0 heterocycles. The highest BCUT2D eigenvalue weighted by atomic mass is 16.6. The molecule has 2 amide bonds. The van der Waals surface area contributed by atoms with Crippen molar-refractivity contribution in [3.05, 3.63) is 33.9 Å². The standard InChI is InChI=1S/C12H15N3O5/c1-7(2)11(16)14(13)12(17)9-6-8(15(18)19)4-5-10(9)20-3/h4-7H,13H2,1-3H3. The van der Waals surface area contributed by atoms with Gasteiger partial charge in [-0.3, -0.25) is 19.7 Å². The van der Waals surface area contributed by atoms with Crippen molar-refractivity contribution >= 4 is 17.5 Å². The number of hydrogen-bond donors (Lipinski definition) is 1. The first-order chi connectivity index (χ1) is 9.29. The van der Waals surface area contributed by atoms with Crippen molar-refractivity contribution in [1.29, 1.82) is 0 Å². The summed E-state index contributed by atoms with van der Waals surface area (Å²) in [5.41, 5.74) is -0.433. The van der Waals surface area contributed by atoms with E-state index < -0.39 is 22.7 Å². The largest absolute Gasteiger partial charge is 0.496 e. The number of nitro groups is 1. The SMILES string of the molecule is COc1ccc([N+](=O)[O-])cc1C(=O)N(N)C(=O)C(C)C. The number of nitrogens with zero attached hydrogens (tertiary/aromatic N) is 2. The molecule has 8 nitrogen and oxygen atoms in total. The Morgan fingerprint density at radius 2 is 2.00 bits per heavy atom. The maximum Gasteiger partial charge on any atom is 0.278 e. The van der Waals surface area contributed by atoms with E-state index in [1.807, 2.05) is 0 Å². The highest BCUT2D eigenvalue weighted by Crippen LogP contribution is 2.25. The Hall–Kier alpha value is -2.48. The average Bonchev–Trinajstić information content (AvgIpc) is 2.43. The number of amides is 2. The summed E-state index contributed by atoms with van der Waals surface area (Å²) in [5.74, 6) is 3.63. The predicted molar refractivity (Wildman–Crippen MR) is 69.9 cm³/mol. The molecule has 1 aromatic carbocycles. The van der Waals surface area contributed by atoms with Crippen molar-refractivity contribution in [2.24, 2.45) is 11.8 Å². The van der Waals surface area contributed by atoms with Crippen molar-refractivity contribution < 1.29 is 19.2 Å². The first kappa shape index (κ1) is 15.6. The molecule has 0 aliphatic carbocycles. The van der Waals surface area contributed by atoms with E-state index in [9.17, 15) is 19.7 Å². The van der Waals surface area contributed by atoms with Gasteiger partial charge in [0.05, 0.1) is 17.6 Å². The minimum absolute atomic E-state index is 0.104. The number of hydrogen-bond acceptors (Lipinski definition) is 6. The molecule has 0 bridgehead atoms. The second-order valence-electron chi connectivity index (χ2n) is 4.31. The van der Waals surface area contributed by atoms with Gasteiger partial charge in [0.15, 0.2) is 0 Å². The van der Waals surface area contributed by atoms with Gasteiger partial charge >= 0.3 is 0 Å². The van der Waals surface area contributed by atoms with Crippen LogP contribution >= 0.6 is 0 Å². The molecule has 0 fully saturated rings. The molecule has 8 heteroatoms. The number of ether oxygens (including phenoxy) is 1. The summed E-state index contributed by atoms with van der Waals surface area (Å²) in [6.07, 6.45) is 0. The van der Waals surface area contributed by atoms with Crippen molar-refractivity contribution in [3.8, 4) is 5.75 Å². The van der Waals surface area contributed by atoms with E-state index >= 15 is 0 Å². The fourth-order valence-electron chi connectivity index (χ4n) is 1.48. The Kier molecular flexibility index (Phi) is 4.76. The maximum absolute atomic E-state index is 12.1. The van der Waals surface area contributed by atoms with Crippen LogP contribution in [0.3, 0.4) is 0 Å². The highest BCUT2D eigenvalue weighted by Gasteiger charge is 2.26. The van der Waals surface area contributed by atoms with Gasteiger partial charge in [0.25, 0.3) is 11.6 Å². The van der Waals surface area contributed by atoms with Crippen LogP contribution in [0.15, 0.2) is 18.2 Å². The molecule has 0 aliphatic heterocycles. The van der Waals surface area contributed by atoms with Gasteiger partial charge in [0, 0.05) is 18.1 Å². The van der Waals surface area contributed by atoms with Crippen LogP contribution in [0, 0.1) is 16.0 Å². The summed E-state index contributed by atoms with van der Waals surface area (Å²) in [6.45, 7) is 3.17. The van der Waals surface area contributed by atoms with Crippen LogP contribution in [0.2, 0.25) is 0 Å². The van der Waals surface area contributed by atoms with Gasteiger partial charge in [0.1, 0.15) is 5.75 Å². The Balaban J connectivity index is 3.23. The number of hydrazine groups is 1. The summed E-state index contributed by atoms with van der Waals surface area (Å²) in [5, 5.41) is 11.2. The number of benzene rings is 1. The quantitative estimate of drug-likeness (QED) is 0.382. The van der Waals surface area contributed by atoms with Gasteiger partial charge in [-0.2, -0.15) is 0 Å². The lowest BCUT2D eigenvalue weighted by molar-refractivity contribution is -0.384. The van der Waals surface area contributed by atoms with Gasteiger partial charge < -0.3 is 4.74 Å². The van der Waals surface area contributed by atoms with Crippen LogP contribution in [0.4, 0.5) is 5.69 Å². The Bertz CT molecular complexity index is 556. The second kappa shape index (κ2) is 6.11. The third-order valence-electron chi connectivity index (χ3n) is 2.57. The van der Waals surface area contributed by atoms with E-state index in [-0.39, 0.29) is 17.0 Å². The van der Waals surface area contributed by atoms with Crippen molar-refractivity contribution in [1.82, 2.24) is 5.01 Å². The normalized spacial score (nSPS) is 10.2. The smallest absolute Gasteiger partial charge is 0.278 e. The fourth-order valence-corrected chi connectivity index (χ4v) is 1.48. The zero-order chi connectivity index (χ0) is 15.4. The first-order valence-electron chi connectivity index (χ1n) is 5.75. The summed E-state index contributed by atoms with van der Waals surface area (Å²) < 4.78 is 4.95. The summed E-state index contributed by atoms with van der Waals surface area (Å²) >= 11 is 0. The third kappa shape index (κ3) is 3.09. The maximum atomic E-state index is 12.1. The van der Waals surface area contributed by atoms with E-state index in [2.05, 4.69) is 0 Å². The van der Waals surface area contributed by atoms with Crippen LogP contribution in [0.5, 0.6) is 5.75 Å². The first-order valence-corrected chi connectivity index (χ1v) is 5.75. The molecule has 0 saturated carbocycles. The number of non-ortho nitro benzene ring substituents is 1. The number of nitro benzene ring substituents is 1. The van der Waals surface area contributed by atoms with E-state index in [4.69, 9.17) is 10.6 Å². The molecule has 20 heavy (non-hydrogen) atoms. The summed E-state index contributed by atoms with van der Waals surface area (Å²) in [4.78, 5) is 33.9. The minimum atomic E-state index is -0.857. The lowest BCUT2D eigenvalue weighted by atomic mass is 10.1. The predicted octanol–water partition coefficient (Wildman–Crippen LogP) is 1.10. The molecule has 108 valence electrons. The molecule has 1 rings (SSSR count). The molecule has 0 aliphatic rings. The van der Waals surface area contributed by atoms with Gasteiger partial charge in [0.2, 0.25) is 5.91 Å². The lowest BCUT2D eigenvalue weighted by Crippen LogP contribution is -2.44. The fraction of sp³-hybridized carbons (Fsp3) is 0.333. The number of nitrogens with two attached hydrogens (primary N) is 1. The number of rotatable bonds is 4. The molecule has 0 aromatic heterocycles. The molecule has 2 N–H and O–H groups in total.